The van der Waals surface area contributed by atoms with Crippen LogP contribution >= 0.6 is 22.9 Å². The van der Waals surface area contributed by atoms with Gasteiger partial charge in [-0.1, -0.05) is 17.7 Å². The lowest BCUT2D eigenvalue weighted by Crippen LogP contribution is -2.32. The van der Waals surface area contributed by atoms with Gasteiger partial charge in [0.25, 0.3) is 5.56 Å². The van der Waals surface area contributed by atoms with Gasteiger partial charge in [-0.25, -0.2) is 9.67 Å². The van der Waals surface area contributed by atoms with Crippen molar-refractivity contribution in [2.45, 2.75) is 40.2 Å². The highest BCUT2D eigenvalue weighted by molar-refractivity contribution is 7.15. The van der Waals surface area contributed by atoms with E-state index < -0.39 is 0 Å². The number of hydrogen-bond donors (Lipinski definition) is 1. The molecule has 0 fully saturated rings. The summed E-state index contributed by atoms with van der Waals surface area (Å²) in [6.07, 6.45) is 0.109. The summed E-state index contributed by atoms with van der Waals surface area (Å²) < 4.78 is 3.26. The number of rotatable bonds is 5. The maximum absolute atomic E-state index is 13.5. The summed E-state index contributed by atoms with van der Waals surface area (Å²) in [5.41, 5.74) is 3.61. The van der Waals surface area contributed by atoms with Gasteiger partial charge in [-0.2, -0.15) is 5.10 Å². The number of fused-ring (bicyclic) bond motifs is 1. The zero-order chi connectivity index (χ0) is 22.3. The zero-order valence-corrected chi connectivity index (χ0v) is 19.2. The average Bonchev–Trinajstić information content (AvgIpc) is 3.24. The van der Waals surface area contributed by atoms with Gasteiger partial charge >= 0.3 is 0 Å². The first-order chi connectivity index (χ1) is 14.7. The van der Waals surface area contributed by atoms with Crippen molar-refractivity contribution in [3.05, 3.63) is 68.2 Å². The second kappa shape index (κ2) is 8.28. The fourth-order valence-electron chi connectivity index (χ4n) is 3.53. The Morgan fingerprint density at radius 2 is 2.03 bits per heavy atom. The summed E-state index contributed by atoms with van der Waals surface area (Å²) in [7, 11) is 0. The van der Waals surface area contributed by atoms with Crippen LogP contribution in [0.2, 0.25) is 5.02 Å². The van der Waals surface area contributed by atoms with Gasteiger partial charge in [-0.3, -0.25) is 14.0 Å². The number of hydrogen-bond acceptors (Lipinski definition) is 5. The predicted octanol–water partition coefficient (Wildman–Crippen LogP) is 3.95. The van der Waals surface area contributed by atoms with Crippen molar-refractivity contribution < 1.29 is 4.79 Å². The van der Waals surface area contributed by atoms with Crippen LogP contribution in [0.15, 0.2) is 40.5 Å². The largest absolute Gasteiger partial charge is 0.354 e. The Balaban J connectivity index is 1.82. The lowest BCUT2D eigenvalue weighted by atomic mass is 10.1. The average molecular weight is 456 g/mol. The van der Waals surface area contributed by atoms with Crippen LogP contribution in [-0.4, -0.2) is 31.1 Å². The van der Waals surface area contributed by atoms with Crippen LogP contribution in [0.5, 0.6) is 0 Å². The number of halogens is 1. The van der Waals surface area contributed by atoms with Crippen molar-refractivity contribution in [2.24, 2.45) is 0 Å². The minimum absolute atomic E-state index is 0.0310. The molecule has 160 valence electrons. The molecule has 0 bridgehead atoms. The van der Waals surface area contributed by atoms with E-state index in [0.29, 0.717) is 32.6 Å². The van der Waals surface area contributed by atoms with Gasteiger partial charge in [0.2, 0.25) is 5.91 Å². The first-order valence-corrected chi connectivity index (χ1v) is 11.1. The fraction of sp³-hybridized carbons (Fsp3) is 0.273. The third-order valence-corrected chi connectivity index (χ3v) is 5.92. The molecule has 0 aliphatic heterocycles. The van der Waals surface area contributed by atoms with Crippen molar-refractivity contribution in [1.82, 2.24) is 24.5 Å². The molecule has 4 aromatic rings. The summed E-state index contributed by atoms with van der Waals surface area (Å²) in [5, 5.41) is 9.94. The van der Waals surface area contributed by atoms with E-state index in [1.807, 2.05) is 50.4 Å². The van der Waals surface area contributed by atoms with Crippen molar-refractivity contribution in [3.63, 3.8) is 0 Å². The Morgan fingerprint density at radius 1 is 1.26 bits per heavy atom. The molecule has 1 N–H and O–H groups in total. The minimum atomic E-state index is -0.230. The van der Waals surface area contributed by atoms with Crippen LogP contribution in [-0.2, 0) is 11.2 Å². The van der Waals surface area contributed by atoms with E-state index in [9.17, 15) is 9.59 Å². The Kier molecular flexibility index (Phi) is 5.68. The standard InChI is InChI=1S/C22H22ClN5O2S/c1-12(2)24-19(29)10-17-11-31-22-25-14(4)20(21(30)27(17)22)18-8-13(3)28(26-18)16-7-5-6-15(23)9-16/h5-9,11-12H,10H2,1-4H3,(H,24,29). The van der Waals surface area contributed by atoms with Crippen LogP contribution in [0, 0.1) is 13.8 Å². The smallest absolute Gasteiger partial charge is 0.268 e. The number of nitrogens with zero attached hydrogens (tertiary/aromatic N) is 4. The van der Waals surface area contributed by atoms with Crippen molar-refractivity contribution in [1.29, 1.82) is 0 Å². The molecule has 0 radical (unpaired) electrons. The van der Waals surface area contributed by atoms with Gasteiger partial charge in [-0.15, -0.1) is 11.3 Å². The highest BCUT2D eigenvalue weighted by Gasteiger charge is 2.20. The molecule has 9 heteroatoms. The first-order valence-electron chi connectivity index (χ1n) is 9.86. The van der Waals surface area contributed by atoms with Gasteiger partial charge in [0, 0.05) is 27.8 Å². The van der Waals surface area contributed by atoms with Crippen molar-refractivity contribution >= 4 is 33.8 Å². The van der Waals surface area contributed by atoms with Gasteiger partial charge in [0.1, 0.15) is 5.69 Å². The van der Waals surface area contributed by atoms with Crippen LogP contribution in [0.25, 0.3) is 21.9 Å². The number of nitrogens with one attached hydrogen (secondary N) is 1. The Bertz CT molecular complexity index is 1350. The second-order valence-electron chi connectivity index (χ2n) is 7.68. The van der Waals surface area contributed by atoms with E-state index in [4.69, 9.17) is 11.6 Å². The van der Waals surface area contributed by atoms with E-state index in [2.05, 4.69) is 15.4 Å². The van der Waals surface area contributed by atoms with Gasteiger partial charge in [0.15, 0.2) is 4.96 Å². The summed E-state index contributed by atoms with van der Waals surface area (Å²) >= 11 is 7.47. The van der Waals surface area contributed by atoms with E-state index in [0.717, 1.165) is 11.4 Å². The van der Waals surface area contributed by atoms with Crippen LogP contribution in [0.1, 0.15) is 30.9 Å². The van der Waals surface area contributed by atoms with E-state index >= 15 is 0 Å². The Hall–Kier alpha value is -2.97. The number of aryl methyl sites for hydroxylation is 2. The molecule has 3 heterocycles. The molecular formula is C22H22ClN5O2S. The highest BCUT2D eigenvalue weighted by atomic mass is 35.5. The number of aromatic nitrogens is 4. The topological polar surface area (TPSA) is 81.3 Å². The molecule has 0 unspecified atom stereocenters. The number of benzene rings is 1. The van der Waals surface area contributed by atoms with E-state index in [-0.39, 0.29) is 23.9 Å². The molecule has 4 rings (SSSR count). The summed E-state index contributed by atoms with van der Waals surface area (Å²) in [4.78, 5) is 30.9. The van der Waals surface area contributed by atoms with Gasteiger partial charge < -0.3 is 5.32 Å². The molecule has 1 aromatic carbocycles. The maximum atomic E-state index is 13.5. The lowest BCUT2D eigenvalue weighted by molar-refractivity contribution is -0.120. The molecule has 0 saturated heterocycles. The zero-order valence-electron chi connectivity index (χ0n) is 17.6. The summed E-state index contributed by atoms with van der Waals surface area (Å²) in [6, 6.07) is 9.26. The molecule has 3 aromatic heterocycles. The molecule has 7 nitrogen and oxygen atoms in total. The lowest BCUT2D eigenvalue weighted by Gasteiger charge is -2.09. The highest BCUT2D eigenvalue weighted by Crippen LogP contribution is 2.24. The molecule has 0 spiro atoms. The fourth-order valence-corrected chi connectivity index (χ4v) is 4.64. The van der Waals surface area contributed by atoms with Gasteiger partial charge in [0.05, 0.1) is 23.4 Å². The molecule has 0 aliphatic carbocycles. The van der Waals surface area contributed by atoms with Crippen LogP contribution in [0.4, 0.5) is 0 Å². The Labute approximate surface area is 188 Å². The third kappa shape index (κ3) is 4.13. The second-order valence-corrected chi connectivity index (χ2v) is 8.96. The van der Waals surface area contributed by atoms with E-state index in [1.54, 1.807) is 17.7 Å². The maximum Gasteiger partial charge on any atom is 0.268 e. The van der Waals surface area contributed by atoms with Gasteiger partial charge in [-0.05, 0) is 52.0 Å². The molecule has 0 atom stereocenters. The predicted molar refractivity (Wildman–Crippen MR) is 123 cm³/mol. The van der Waals surface area contributed by atoms with Crippen molar-refractivity contribution in [2.75, 3.05) is 0 Å². The summed E-state index contributed by atoms with van der Waals surface area (Å²) in [5.74, 6) is -0.134. The monoisotopic (exact) mass is 455 g/mol. The van der Waals surface area contributed by atoms with E-state index in [1.165, 1.54) is 15.7 Å². The SMILES string of the molecule is Cc1nc2scc(CC(=O)NC(C)C)n2c(=O)c1-c1cc(C)n(-c2cccc(Cl)c2)n1. The first kappa shape index (κ1) is 21.3. The number of carbonyl (C=O) groups is 1. The molecule has 0 aliphatic rings. The number of thiazole rings is 1. The van der Waals surface area contributed by atoms with Crippen LogP contribution in [0.3, 0.4) is 0 Å². The number of amides is 1. The Morgan fingerprint density at radius 3 is 2.74 bits per heavy atom. The molecule has 0 saturated carbocycles. The molecular weight excluding hydrogens is 434 g/mol. The third-order valence-electron chi connectivity index (χ3n) is 4.81. The quantitative estimate of drug-likeness (QED) is 0.494. The van der Waals surface area contributed by atoms with Crippen molar-refractivity contribution in [3.8, 4) is 16.9 Å². The normalized spacial score (nSPS) is 11.4. The summed E-state index contributed by atoms with van der Waals surface area (Å²) in [6.45, 7) is 7.52. The van der Waals surface area contributed by atoms with Crippen LogP contribution < -0.4 is 10.9 Å². The number of carbonyl (C=O) groups excluding carboxylic acids is 1. The molecule has 1 amide bonds. The molecule has 31 heavy (non-hydrogen) atoms. The minimum Gasteiger partial charge on any atom is -0.354 e.